The van der Waals surface area contributed by atoms with Crippen molar-refractivity contribution in [3.05, 3.63) is 29.8 Å². The molecule has 1 fully saturated rings. The van der Waals surface area contributed by atoms with Gasteiger partial charge in [-0.05, 0) is 37.5 Å². The first-order valence-corrected chi connectivity index (χ1v) is 9.78. The Kier molecular flexibility index (Phi) is 6.64. The summed E-state index contributed by atoms with van der Waals surface area (Å²) in [6, 6.07) is 3.65. The standard InChI is InChI=1S/C16H22F3N3O3S/c17-16(18,19)12-3-1-4-14(11-12)26(24,25)21-8-2-5-15(23)22-9-6-13(20)7-10-22/h1,3-4,11,13,21H,2,5-10,20H2. The van der Waals surface area contributed by atoms with E-state index >= 15 is 0 Å². The maximum Gasteiger partial charge on any atom is 0.416 e. The molecule has 0 saturated carbocycles. The number of nitrogens with two attached hydrogens (primary N) is 1. The number of benzene rings is 1. The Labute approximate surface area is 150 Å². The summed E-state index contributed by atoms with van der Waals surface area (Å²) in [5.74, 6) is -0.0739. The van der Waals surface area contributed by atoms with E-state index < -0.39 is 26.7 Å². The van der Waals surface area contributed by atoms with E-state index in [2.05, 4.69) is 4.72 Å². The Bertz CT molecular complexity index is 730. The molecule has 6 nitrogen and oxygen atoms in total. The second-order valence-electron chi connectivity index (χ2n) is 6.25. The van der Waals surface area contributed by atoms with E-state index in [1.165, 1.54) is 0 Å². The van der Waals surface area contributed by atoms with Gasteiger partial charge in [-0.15, -0.1) is 0 Å². The highest BCUT2D eigenvalue weighted by Gasteiger charge is 2.31. The Morgan fingerprint density at radius 1 is 1.27 bits per heavy atom. The number of amides is 1. The van der Waals surface area contributed by atoms with E-state index in [9.17, 15) is 26.4 Å². The summed E-state index contributed by atoms with van der Waals surface area (Å²) in [6.45, 7) is 1.16. The number of halogens is 3. The van der Waals surface area contributed by atoms with Crippen molar-refractivity contribution < 1.29 is 26.4 Å². The fourth-order valence-corrected chi connectivity index (χ4v) is 3.80. The van der Waals surface area contributed by atoms with E-state index in [-0.39, 0.29) is 31.3 Å². The summed E-state index contributed by atoms with van der Waals surface area (Å²) < 4.78 is 64.5. The monoisotopic (exact) mass is 393 g/mol. The number of nitrogens with one attached hydrogen (secondary N) is 1. The van der Waals surface area contributed by atoms with Crippen molar-refractivity contribution in [1.82, 2.24) is 9.62 Å². The highest BCUT2D eigenvalue weighted by molar-refractivity contribution is 7.89. The first kappa shape index (κ1) is 20.7. The van der Waals surface area contributed by atoms with Gasteiger partial charge in [-0.25, -0.2) is 13.1 Å². The first-order valence-electron chi connectivity index (χ1n) is 8.30. The van der Waals surface area contributed by atoms with E-state index in [0.717, 1.165) is 31.0 Å². The van der Waals surface area contributed by atoms with Gasteiger partial charge >= 0.3 is 6.18 Å². The molecule has 0 aromatic heterocycles. The van der Waals surface area contributed by atoms with E-state index in [0.29, 0.717) is 19.2 Å². The molecule has 26 heavy (non-hydrogen) atoms. The van der Waals surface area contributed by atoms with Gasteiger partial charge in [0, 0.05) is 32.1 Å². The Hall–Kier alpha value is -1.65. The average Bonchev–Trinajstić information content (AvgIpc) is 2.58. The molecule has 1 aromatic carbocycles. The van der Waals surface area contributed by atoms with Crippen LogP contribution in [-0.4, -0.2) is 44.9 Å². The van der Waals surface area contributed by atoms with Crippen LogP contribution in [0.15, 0.2) is 29.2 Å². The largest absolute Gasteiger partial charge is 0.416 e. The number of carbonyl (C=O) groups is 1. The number of likely N-dealkylation sites (tertiary alicyclic amines) is 1. The van der Waals surface area contributed by atoms with Gasteiger partial charge in [0.05, 0.1) is 10.5 Å². The molecule has 1 heterocycles. The van der Waals surface area contributed by atoms with Gasteiger partial charge in [0.25, 0.3) is 0 Å². The van der Waals surface area contributed by atoms with Crippen molar-refractivity contribution in [3.8, 4) is 0 Å². The maximum atomic E-state index is 12.7. The minimum atomic E-state index is -4.62. The van der Waals surface area contributed by atoms with Crippen LogP contribution < -0.4 is 10.5 Å². The Balaban J connectivity index is 1.84. The van der Waals surface area contributed by atoms with Gasteiger partial charge in [-0.1, -0.05) is 6.07 Å². The highest BCUT2D eigenvalue weighted by atomic mass is 32.2. The van der Waals surface area contributed by atoms with Crippen LogP contribution in [0.4, 0.5) is 13.2 Å². The molecule has 0 radical (unpaired) electrons. The van der Waals surface area contributed by atoms with E-state index in [4.69, 9.17) is 5.73 Å². The fourth-order valence-electron chi connectivity index (χ4n) is 2.68. The van der Waals surface area contributed by atoms with Crippen LogP contribution in [0.25, 0.3) is 0 Å². The normalized spacial score (nSPS) is 16.7. The van der Waals surface area contributed by atoms with Crippen LogP contribution in [0, 0.1) is 0 Å². The quantitative estimate of drug-likeness (QED) is 0.720. The Morgan fingerprint density at radius 3 is 2.54 bits per heavy atom. The van der Waals surface area contributed by atoms with E-state index in [1.54, 1.807) is 4.90 Å². The van der Waals surface area contributed by atoms with Crippen molar-refractivity contribution in [2.75, 3.05) is 19.6 Å². The van der Waals surface area contributed by atoms with Gasteiger partial charge in [0.2, 0.25) is 15.9 Å². The summed E-state index contributed by atoms with van der Waals surface area (Å²) in [4.78, 5) is 13.3. The van der Waals surface area contributed by atoms with Crippen molar-refractivity contribution >= 4 is 15.9 Å². The number of alkyl halides is 3. The number of hydrogen-bond donors (Lipinski definition) is 2. The second-order valence-corrected chi connectivity index (χ2v) is 8.01. The second kappa shape index (κ2) is 8.36. The molecule has 1 aliphatic rings. The number of carbonyl (C=O) groups excluding carboxylic acids is 1. The predicted octanol–water partition coefficient (Wildman–Crippen LogP) is 1.71. The summed E-state index contributed by atoms with van der Waals surface area (Å²) in [5.41, 5.74) is 4.75. The lowest BCUT2D eigenvalue weighted by molar-refractivity contribution is -0.137. The van der Waals surface area contributed by atoms with Gasteiger partial charge < -0.3 is 10.6 Å². The Morgan fingerprint density at radius 2 is 1.92 bits per heavy atom. The average molecular weight is 393 g/mol. The molecule has 1 aromatic rings. The maximum absolute atomic E-state index is 12.7. The molecule has 10 heteroatoms. The van der Waals surface area contributed by atoms with Gasteiger partial charge in [0.15, 0.2) is 0 Å². The third kappa shape index (κ3) is 5.68. The van der Waals surface area contributed by atoms with Crippen LogP contribution in [0.1, 0.15) is 31.2 Å². The molecule has 146 valence electrons. The molecule has 0 unspecified atom stereocenters. The predicted molar refractivity (Wildman–Crippen MR) is 89.7 cm³/mol. The number of nitrogens with zero attached hydrogens (tertiary/aromatic N) is 1. The molecule has 3 N–H and O–H groups in total. The summed E-state index contributed by atoms with van der Waals surface area (Å²) in [5, 5.41) is 0. The zero-order valence-corrected chi connectivity index (χ0v) is 14.9. The van der Waals surface area contributed by atoms with Crippen LogP contribution in [0.5, 0.6) is 0 Å². The first-order chi connectivity index (χ1) is 12.1. The molecule has 1 aliphatic heterocycles. The molecular formula is C16H22F3N3O3S. The number of sulfonamides is 1. The SMILES string of the molecule is NC1CCN(C(=O)CCCNS(=O)(=O)c2cccc(C(F)(F)F)c2)CC1. The van der Waals surface area contributed by atoms with Crippen LogP contribution in [0.2, 0.25) is 0 Å². The van der Waals surface area contributed by atoms with Crippen LogP contribution in [-0.2, 0) is 21.0 Å². The van der Waals surface area contributed by atoms with Crippen molar-refractivity contribution in [1.29, 1.82) is 0 Å². The molecular weight excluding hydrogens is 371 g/mol. The van der Waals surface area contributed by atoms with Gasteiger partial charge in [0.1, 0.15) is 0 Å². The van der Waals surface area contributed by atoms with E-state index in [1.807, 2.05) is 0 Å². The molecule has 0 bridgehead atoms. The molecule has 1 amide bonds. The highest BCUT2D eigenvalue weighted by Crippen LogP contribution is 2.30. The molecule has 2 rings (SSSR count). The minimum Gasteiger partial charge on any atom is -0.343 e. The zero-order valence-electron chi connectivity index (χ0n) is 14.1. The van der Waals surface area contributed by atoms with Gasteiger partial charge in [-0.2, -0.15) is 13.2 Å². The number of rotatable bonds is 6. The van der Waals surface area contributed by atoms with Crippen molar-refractivity contribution in [2.24, 2.45) is 5.73 Å². The minimum absolute atomic E-state index is 0.0301. The topological polar surface area (TPSA) is 92.5 Å². The third-order valence-corrected chi connectivity index (χ3v) is 5.68. The van der Waals surface area contributed by atoms with Crippen molar-refractivity contribution in [3.63, 3.8) is 0 Å². The fraction of sp³-hybridized carbons (Fsp3) is 0.562. The molecule has 1 saturated heterocycles. The van der Waals surface area contributed by atoms with Crippen molar-refractivity contribution in [2.45, 2.75) is 42.8 Å². The lowest BCUT2D eigenvalue weighted by Gasteiger charge is -2.30. The summed E-state index contributed by atoms with van der Waals surface area (Å²) in [6.07, 6.45) is -2.70. The molecule has 0 aliphatic carbocycles. The molecule has 0 atom stereocenters. The zero-order chi connectivity index (χ0) is 19.4. The summed E-state index contributed by atoms with van der Waals surface area (Å²) in [7, 11) is -4.06. The van der Waals surface area contributed by atoms with Crippen LogP contribution >= 0.6 is 0 Å². The smallest absolute Gasteiger partial charge is 0.343 e. The number of piperidine rings is 1. The third-order valence-electron chi connectivity index (χ3n) is 4.22. The van der Waals surface area contributed by atoms with Crippen LogP contribution in [0.3, 0.4) is 0 Å². The lowest BCUT2D eigenvalue weighted by Crippen LogP contribution is -2.43. The number of hydrogen-bond acceptors (Lipinski definition) is 4. The summed E-state index contributed by atoms with van der Waals surface area (Å²) >= 11 is 0. The molecule has 0 spiro atoms. The lowest BCUT2D eigenvalue weighted by atomic mass is 10.1. The van der Waals surface area contributed by atoms with Gasteiger partial charge in [-0.3, -0.25) is 4.79 Å².